The SMILES string of the molecule is OCC1(Cc2cc(Br)cs2)CCOC1. The molecule has 1 saturated heterocycles. The molecular formula is C10H13BrO2S. The van der Waals surface area contributed by atoms with Gasteiger partial charge in [-0.15, -0.1) is 11.3 Å². The molecule has 4 heteroatoms. The Morgan fingerprint density at radius 1 is 1.64 bits per heavy atom. The molecule has 1 aromatic rings. The van der Waals surface area contributed by atoms with Gasteiger partial charge in [0, 0.05) is 26.8 Å². The lowest BCUT2D eigenvalue weighted by Gasteiger charge is -2.23. The molecule has 1 N–H and O–H groups in total. The number of aliphatic hydroxyl groups is 1. The summed E-state index contributed by atoms with van der Waals surface area (Å²) in [5.74, 6) is 0. The van der Waals surface area contributed by atoms with E-state index >= 15 is 0 Å². The maximum atomic E-state index is 9.40. The van der Waals surface area contributed by atoms with E-state index in [2.05, 4.69) is 27.4 Å². The maximum Gasteiger partial charge on any atom is 0.0548 e. The van der Waals surface area contributed by atoms with Crippen LogP contribution in [-0.2, 0) is 11.2 Å². The fourth-order valence-electron chi connectivity index (χ4n) is 1.79. The van der Waals surface area contributed by atoms with Crippen LogP contribution < -0.4 is 0 Å². The molecule has 78 valence electrons. The molecule has 1 aliphatic rings. The summed E-state index contributed by atoms with van der Waals surface area (Å²) in [7, 11) is 0. The third kappa shape index (κ3) is 2.19. The summed E-state index contributed by atoms with van der Waals surface area (Å²) in [4.78, 5) is 1.32. The molecule has 0 aliphatic carbocycles. The Hall–Kier alpha value is 0.1000. The molecule has 0 saturated carbocycles. The van der Waals surface area contributed by atoms with Crippen LogP contribution in [0, 0.1) is 5.41 Å². The molecule has 1 unspecified atom stereocenters. The first kappa shape index (κ1) is 10.6. The Balaban J connectivity index is 2.08. The van der Waals surface area contributed by atoms with Gasteiger partial charge in [-0.1, -0.05) is 0 Å². The van der Waals surface area contributed by atoms with Crippen LogP contribution in [-0.4, -0.2) is 24.9 Å². The lowest BCUT2D eigenvalue weighted by atomic mass is 9.84. The highest BCUT2D eigenvalue weighted by atomic mass is 79.9. The van der Waals surface area contributed by atoms with E-state index in [1.54, 1.807) is 11.3 Å². The number of halogens is 1. The van der Waals surface area contributed by atoms with Crippen molar-refractivity contribution < 1.29 is 9.84 Å². The molecule has 14 heavy (non-hydrogen) atoms. The van der Waals surface area contributed by atoms with Gasteiger partial charge in [-0.2, -0.15) is 0 Å². The third-order valence-electron chi connectivity index (χ3n) is 2.69. The number of rotatable bonds is 3. The summed E-state index contributed by atoms with van der Waals surface area (Å²) in [6.45, 7) is 1.70. The van der Waals surface area contributed by atoms with E-state index in [-0.39, 0.29) is 12.0 Å². The second-order valence-corrected chi connectivity index (χ2v) is 5.78. The molecule has 0 bridgehead atoms. The molecular weight excluding hydrogens is 264 g/mol. The topological polar surface area (TPSA) is 29.5 Å². The van der Waals surface area contributed by atoms with Gasteiger partial charge in [0.05, 0.1) is 13.2 Å². The maximum absolute atomic E-state index is 9.40. The summed E-state index contributed by atoms with van der Waals surface area (Å²) in [5.41, 5.74) is -0.0235. The molecule has 2 heterocycles. The van der Waals surface area contributed by atoms with Gasteiger partial charge in [-0.3, -0.25) is 0 Å². The van der Waals surface area contributed by atoms with E-state index in [4.69, 9.17) is 4.74 Å². The minimum atomic E-state index is -0.0235. The highest BCUT2D eigenvalue weighted by Crippen LogP contribution is 2.34. The van der Waals surface area contributed by atoms with E-state index in [1.165, 1.54) is 4.88 Å². The van der Waals surface area contributed by atoms with Crippen molar-refractivity contribution in [3.8, 4) is 0 Å². The predicted octanol–water partition coefficient (Wildman–Crippen LogP) is 2.45. The molecule has 2 nitrogen and oxygen atoms in total. The van der Waals surface area contributed by atoms with Gasteiger partial charge in [0.1, 0.15) is 0 Å². The van der Waals surface area contributed by atoms with Crippen LogP contribution in [0.25, 0.3) is 0 Å². The second kappa shape index (κ2) is 4.31. The highest BCUT2D eigenvalue weighted by Gasteiger charge is 2.34. The average molecular weight is 277 g/mol. The Bertz CT molecular complexity index is 305. The van der Waals surface area contributed by atoms with Gasteiger partial charge in [0.25, 0.3) is 0 Å². The number of thiophene rings is 1. The van der Waals surface area contributed by atoms with Crippen LogP contribution in [0.5, 0.6) is 0 Å². The Morgan fingerprint density at radius 2 is 2.50 bits per heavy atom. The molecule has 0 amide bonds. The number of aliphatic hydroxyl groups excluding tert-OH is 1. The smallest absolute Gasteiger partial charge is 0.0548 e. The van der Waals surface area contributed by atoms with Crippen molar-refractivity contribution in [3.05, 3.63) is 20.8 Å². The minimum absolute atomic E-state index is 0.0235. The lowest BCUT2D eigenvalue weighted by molar-refractivity contribution is 0.0941. The standard InChI is InChI=1S/C10H13BrO2S/c11-8-3-9(14-5-8)4-10(6-12)1-2-13-7-10/h3,5,12H,1-2,4,6-7H2. The molecule has 1 atom stereocenters. The summed E-state index contributed by atoms with van der Waals surface area (Å²) in [5, 5.41) is 11.5. The van der Waals surface area contributed by atoms with Gasteiger partial charge in [-0.05, 0) is 34.8 Å². The zero-order valence-corrected chi connectivity index (χ0v) is 10.2. The minimum Gasteiger partial charge on any atom is -0.396 e. The zero-order valence-electron chi connectivity index (χ0n) is 7.83. The van der Waals surface area contributed by atoms with E-state index in [1.807, 2.05) is 0 Å². The Labute approximate surface area is 96.0 Å². The number of hydrogen-bond acceptors (Lipinski definition) is 3. The van der Waals surface area contributed by atoms with Crippen molar-refractivity contribution in [1.82, 2.24) is 0 Å². The Kier molecular flexibility index (Phi) is 3.27. The molecule has 1 fully saturated rings. The fraction of sp³-hybridized carbons (Fsp3) is 0.600. The van der Waals surface area contributed by atoms with Gasteiger partial charge in [0.2, 0.25) is 0 Å². The first-order chi connectivity index (χ1) is 6.74. The molecule has 0 aromatic carbocycles. The normalized spacial score (nSPS) is 27.0. The molecule has 2 rings (SSSR count). The van der Waals surface area contributed by atoms with Crippen molar-refractivity contribution in [2.75, 3.05) is 19.8 Å². The van der Waals surface area contributed by atoms with E-state index in [0.29, 0.717) is 6.61 Å². The summed E-state index contributed by atoms with van der Waals surface area (Å²) >= 11 is 5.17. The van der Waals surface area contributed by atoms with Crippen LogP contribution in [0.1, 0.15) is 11.3 Å². The fourth-order valence-corrected chi connectivity index (χ4v) is 3.41. The van der Waals surface area contributed by atoms with Crippen molar-refractivity contribution in [1.29, 1.82) is 0 Å². The van der Waals surface area contributed by atoms with E-state index in [9.17, 15) is 5.11 Å². The quantitative estimate of drug-likeness (QED) is 0.919. The zero-order chi connectivity index (χ0) is 10.0. The van der Waals surface area contributed by atoms with E-state index in [0.717, 1.165) is 23.9 Å². The average Bonchev–Trinajstić information content (AvgIpc) is 2.77. The predicted molar refractivity (Wildman–Crippen MR) is 60.7 cm³/mol. The van der Waals surface area contributed by atoms with Crippen LogP contribution in [0.2, 0.25) is 0 Å². The molecule has 0 radical (unpaired) electrons. The first-order valence-corrected chi connectivity index (χ1v) is 6.33. The molecule has 1 aliphatic heterocycles. The summed E-state index contributed by atoms with van der Waals surface area (Å²) in [6.07, 6.45) is 1.90. The van der Waals surface area contributed by atoms with Crippen molar-refractivity contribution in [2.45, 2.75) is 12.8 Å². The first-order valence-electron chi connectivity index (χ1n) is 4.66. The monoisotopic (exact) mass is 276 g/mol. The van der Waals surface area contributed by atoms with Crippen LogP contribution >= 0.6 is 27.3 Å². The van der Waals surface area contributed by atoms with Crippen LogP contribution in [0.15, 0.2) is 15.9 Å². The summed E-state index contributed by atoms with van der Waals surface area (Å²) in [6, 6.07) is 2.13. The lowest BCUT2D eigenvalue weighted by Crippen LogP contribution is -2.28. The van der Waals surface area contributed by atoms with Gasteiger partial charge in [0.15, 0.2) is 0 Å². The second-order valence-electron chi connectivity index (χ2n) is 3.87. The van der Waals surface area contributed by atoms with Gasteiger partial charge >= 0.3 is 0 Å². The number of hydrogen-bond donors (Lipinski definition) is 1. The van der Waals surface area contributed by atoms with Gasteiger partial charge < -0.3 is 9.84 Å². The molecule has 0 spiro atoms. The summed E-state index contributed by atoms with van der Waals surface area (Å²) < 4.78 is 6.49. The third-order valence-corrected chi connectivity index (χ3v) is 4.39. The van der Waals surface area contributed by atoms with E-state index < -0.39 is 0 Å². The largest absolute Gasteiger partial charge is 0.396 e. The Morgan fingerprint density at radius 3 is 3.00 bits per heavy atom. The van der Waals surface area contributed by atoms with Crippen molar-refractivity contribution in [3.63, 3.8) is 0 Å². The van der Waals surface area contributed by atoms with Crippen LogP contribution in [0.3, 0.4) is 0 Å². The highest BCUT2D eigenvalue weighted by molar-refractivity contribution is 9.10. The molecule has 1 aromatic heterocycles. The van der Waals surface area contributed by atoms with Crippen molar-refractivity contribution in [2.24, 2.45) is 5.41 Å². The van der Waals surface area contributed by atoms with Crippen molar-refractivity contribution >= 4 is 27.3 Å². The number of ether oxygens (including phenoxy) is 1. The van der Waals surface area contributed by atoms with Crippen LogP contribution in [0.4, 0.5) is 0 Å². The van der Waals surface area contributed by atoms with Gasteiger partial charge in [-0.25, -0.2) is 0 Å².